The van der Waals surface area contributed by atoms with Gasteiger partial charge in [0.1, 0.15) is 0 Å². The highest BCUT2D eigenvalue weighted by molar-refractivity contribution is 7.98. The van der Waals surface area contributed by atoms with Gasteiger partial charge in [-0.25, -0.2) is 4.79 Å². The van der Waals surface area contributed by atoms with Crippen molar-refractivity contribution in [1.82, 2.24) is 0 Å². The second kappa shape index (κ2) is 8.62. The average molecular weight is 421 g/mol. The Morgan fingerprint density at radius 2 is 2.07 bits per heavy atom. The molecule has 1 aliphatic rings. The van der Waals surface area contributed by atoms with Crippen LogP contribution in [0.4, 0.5) is 11.4 Å². The molecule has 28 heavy (non-hydrogen) atoms. The standard InChI is InChI=1S/C19H17ClN2O5S/c1-28-14-5-6-16(20)15(10-14)19(24)27-11-18(23)21-8-2-3-12-9-13(22(25)26)4-7-17(12)21/h4-7,9-10H,2-3,8,11H2,1H3. The molecule has 9 heteroatoms. The Hall–Kier alpha value is -2.58. The lowest BCUT2D eigenvalue weighted by molar-refractivity contribution is -0.384. The zero-order valence-corrected chi connectivity index (χ0v) is 16.6. The van der Waals surface area contributed by atoms with Crippen molar-refractivity contribution < 1.29 is 19.2 Å². The summed E-state index contributed by atoms with van der Waals surface area (Å²) in [6.45, 7) is 0.0268. The number of nitro groups is 1. The molecular weight excluding hydrogens is 404 g/mol. The number of rotatable bonds is 5. The first kappa shape index (κ1) is 20.2. The van der Waals surface area contributed by atoms with Crippen molar-refractivity contribution in [3.8, 4) is 0 Å². The van der Waals surface area contributed by atoms with Gasteiger partial charge in [-0.3, -0.25) is 14.9 Å². The lowest BCUT2D eigenvalue weighted by atomic mass is 10.0. The predicted octanol–water partition coefficient (Wildman–Crippen LogP) is 4.11. The van der Waals surface area contributed by atoms with Gasteiger partial charge >= 0.3 is 5.97 Å². The van der Waals surface area contributed by atoms with Crippen LogP contribution < -0.4 is 4.90 Å². The number of hydrogen-bond acceptors (Lipinski definition) is 6. The number of fused-ring (bicyclic) bond motifs is 1. The quantitative estimate of drug-likeness (QED) is 0.313. The summed E-state index contributed by atoms with van der Waals surface area (Å²) in [6, 6.07) is 9.43. The van der Waals surface area contributed by atoms with Crippen molar-refractivity contribution in [2.24, 2.45) is 0 Å². The zero-order valence-electron chi connectivity index (χ0n) is 15.0. The maximum Gasteiger partial charge on any atom is 0.340 e. The molecule has 2 aromatic rings. The second-order valence-corrected chi connectivity index (χ2v) is 7.43. The highest BCUT2D eigenvalue weighted by atomic mass is 35.5. The Morgan fingerprint density at radius 3 is 2.79 bits per heavy atom. The number of nitrogens with zero attached hydrogens (tertiary/aromatic N) is 2. The van der Waals surface area contributed by atoms with E-state index in [4.69, 9.17) is 16.3 Å². The number of amides is 1. The van der Waals surface area contributed by atoms with E-state index in [0.717, 1.165) is 10.5 Å². The monoisotopic (exact) mass is 420 g/mol. The number of carbonyl (C=O) groups is 2. The number of aryl methyl sites for hydroxylation is 1. The molecule has 146 valence electrons. The molecule has 0 spiro atoms. The van der Waals surface area contributed by atoms with Crippen LogP contribution in [0.25, 0.3) is 0 Å². The zero-order chi connectivity index (χ0) is 20.3. The summed E-state index contributed by atoms with van der Waals surface area (Å²) in [5.41, 5.74) is 1.54. The van der Waals surface area contributed by atoms with Crippen molar-refractivity contribution in [3.05, 3.63) is 62.7 Å². The molecule has 0 bridgehead atoms. The Bertz CT molecular complexity index is 950. The van der Waals surface area contributed by atoms with Gasteiger partial charge in [0.2, 0.25) is 0 Å². The maximum atomic E-state index is 12.6. The van der Waals surface area contributed by atoms with Gasteiger partial charge in [-0.2, -0.15) is 0 Å². The SMILES string of the molecule is CSc1ccc(Cl)c(C(=O)OCC(=O)N2CCCc3cc([N+](=O)[O-])ccc32)c1. The minimum Gasteiger partial charge on any atom is -0.452 e. The Balaban J connectivity index is 1.71. The molecule has 0 fully saturated rings. The molecule has 7 nitrogen and oxygen atoms in total. The number of non-ortho nitro benzene ring substituents is 1. The number of ether oxygens (including phenoxy) is 1. The average Bonchev–Trinajstić information content (AvgIpc) is 2.71. The van der Waals surface area contributed by atoms with Gasteiger partial charge in [0.15, 0.2) is 6.61 Å². The number of thioether (sulfide) groups is 1. The molecule has 0 saturated heterocycles. The number of nitro benzene ring substituents is 1. The molecule has 1 aliphatic heterocycles. The van der Waals surface area contributed by atoms with E-state index in [2.05, 4.69) is 0 Å². The first-order valence-corrected chi connectivity index (χ1v) is 10.1. The molecular formula is C19H17ClN2O5S. The van der Waals surface area contributed by atoms with E-state index >= 15 is 0 Å². The van der Waals surface area contributed by atoms with Crippen LogP contribution in [-0.4, -0.2) is 36.2 Å². The first-order valence-electron chi connectivity index (χ1n) is 8.49. The minimum absolute atomic E-state index is 0.0113. The number of anilines is 1. The minimum atomic E-state index is -0.671. The van der Waals surface area contributed by atoms with Crippen LogP contribution in [0, 0.1) is 10.1 Å². The summed E-state index contributed by atoms with van der Waals surface area (Å²) in [5, 5.41) is 11.2. The van der Waals surface area contributed by atoms with Crippen molar-refractivity contribution in [1.29, 1.82) is 0 Å². The summed E-state index contributed by atoms with van der Waals surface area (Å²) in [5.74, 6) is -1.06. The van der Waals surface area contributed by atoms with Crippen LogP contribution in [-0.2, 0) is 16.0 Å². The van der Waals surface area contributed by atoms with Crippen LogP contribution in [0.15, 0.2) is 41.3 Å². The Morgan fingerprint density at radius 1 is 1.29 bits per heavy atom. The van der Waals surface area contributed by atoms with Crippen molar-refractivity contribution in [3.63, 3.8) is 0 Å². The number of benzene rings is 2. The van der Waals surface area contributed by atoms with Gasteiger partial charge < -0.3 is 9.64 Å². The summed E-state index contributed by atoms with van der Waals surface area (Å²) in [4.78, 5) is 37.8. The van der Waals surface area contributed by atoms with E-state index in [1.807, 2.05) is 6.26 Å². The second-order valence-electron chi connectivity index (χ2n) is 6.14. The van der Waals surface area contributed by atoms with Crippen LogP contribution in [0.2, 0.25) is 5.02 Å². The number of hydrogen-bond donors (Lipinski definition) is 0. The fourth-order valence-corrected chi connectivity index (χ4v) is 3.66. The molecule has 1 amide bonds. The highest BCUT2D eigenvalue weighted by Crippen LogP contribution is 2.30. The number of esters is 1. The van der Waals surface area contributed by atoms with Crippen LogP contribution in [0.1, 0.15) is 22.3 Å². The smallest absolute Gasteiger partial charge is 0.340 e. The maximum absolute atomic E-state index is 12.6. The van der Waals surface area contributed by atoms with Crippen molar-refractivity contribution in [2.45, 2.75) is 17.7 Å². The fraction of sp³-hybridized carbons (Fsp3) is 0.263. The van der Waals surface area contributed by atoms with E-state index in [9.17, 15) is 19.7 Å². The topological polar surface area (TPSA) is 89.8 Å². The normalized spacial score (nSPS) is 13.0. The molecule has 0 N–H and O–H groups in total. The van der Waals surface area contributed by atoms with E-state index in [1.54, 1.807) is 24.3 Å². The van der Waals surface area contributed by atoms with Crippen LogP contribution in [0.5, 0.6) is 0 Å². The number of halogens is 1. The highest BCUT2D eigenvalue weighted by Gasteiger charge is 2.25. The van der Waals surface area contributed by atoms with Crippen molar-refractivity contribution >= 4 is 46.6 Å². The first-order chi connectivity index (χ1) is 13.4. The van der Waals surface area contributed by atoms with Crippen molar-refractivity contribution in [2.75, 3.05) is 24.3 Å². The van der Waals surface area contributed by atoms with Gasteiger partial charge in [0.25, 0.3) is 11.6 Å². The van der Waals surface area contributed by atoms with Gasteiger partial charge in [0, 0.05) is 29.3 Å². The lowest BCUT2D eigenvalue weighted by Crippen LogP contribution is -2.38. The molecule has 2 aromatic carbocycles. The largest absolute Gasteiger partial charge is 0.452 e. The van der Waals surface area contributed by atoms with E-state index in [-0.39, 0.29) is 22.2 Å². The molecule has 0 saturated carbocycles. The van der Waals surface area contributed by atoms with E-state index < -0.39 is 17.5 Å². The Labute approximate surface area is 170 Å². The van der Waals surface area contributed by atoms with Gasteiger partial charge in [-0.15, -0.1) is 11.8 Å². The molecule has 0 radical (unpaired) electrons. The van der Waals surface area contributed by atoms with Gasteiger partial charge in [0.05, 0.1) is 15.5 Å². The van der Waals surface area contributed by atoms with E-state index in [1.165, 1.54) is 28.8 Å². The van der Waals surface area contributed by atoms with Crippen LogP contribution in [0.3, 0.4) is 0 Å². The number of carbonyl (C=O) groups excluding carboxylic acids is 2. The van der Waals surface area contributed by atoms with Crippen LogP contribution >= 0.6 is 23.4 Å². The third kappa shape index (κ3) is 4.28. The third-order valence-electron chi connectivity index (χ3n) is 4.41. The summed E-state index contributed by atoms with van der Waals surface area (Å²) in [7, 11) is 0. The molecule has 3 rings (SSSR count). The predicted molar refractivity (Wildman–Crippen MR) is 107 cm³/mol. The van der Waals surface area contributed by atoms with Gasteiger partial charge in [-0.1, -0.05) is 11.6 Å². The molecule has 0 aromatic heterocycles. The Kier molecular flexibility index (Phi) is 6.21. The lowest BCUT2D eigenvalue weighted by Gasteiger charge is -2.29. The summed E-state index contributed by atoms with van der Waals surface area (Å²) < 4.78 is 5.17. The van der Waals surface area contributed by atoms with Gasteiger partial charge in [-0.05, 0) is 48.9 Å². The summed E-state index contributed by atoms with van der Waals surface area (Å²) >= 11 is 7.52. The summed E-state index contributed by atoms with van der Waals surface area (Å²) in [6.07, 6.45) is 3.20. The fourth-order valence-electron chi connectivity index (χ4n) is 3.03. The molecule has 0 atom stereocenters. The molecule has 0 unspecified atom stereocenters. The third-order valence-corrected chi connectivity index (χ3v) is 5.47. The molecule has 1 heterocycles. The molecule has 0 aliphatic carbocycles. The van der Waals surface area contributed by atoms with E-state index in [0.29, 0.717) is 25.1 Å².